The summed E-state index contributed by atoms with van der Waals surface area (Å²) in [4.78, 5) is 189. The Bertz CT molecular complexity index is 3080. The summed E-state index contributed by atoms with van der Waals surface area (Å²) in [6.45, 7) is 9.76. The van der Waals surface area contributed by atoms with Crippen molar-refractivity contribution in [3.63, 3.8) is 0 Å². The van der Waals surface area contributed by atoms with Gasteiger partial charge in [-0.25, -0.2) is 0 Å². The number of rotatable bonds is 11. The van der Waals surface area contributed by atoms with Crippen LogP contribution in [-0.2, 0) is 70.1 Å². The van der Waals surface area contributed by atoms with Gasteiger partial charge in [0.1, 0.15) is 59.9 Å². The molecule has 2 heterocycles. The first kappa shape index (κ1) is 79.9. The van der Waals surface area contributed by atoms with E-state index in [4.69, 9.17) is 11.6 Å². The Morgan fingerprint density at radius 3 is 1.83 bits per heavy atom. The predicted molar refractivity (Wildman–Crippen MR) is 362 cm³/mol. The zero-order valence-corrected chi connectivity index (χ0v) is 61.0. The maximum absolute atomic E-state index is 15.4. The number of nitrogens with zero attached hydrogens (tertiary/aromatic N) is 9. The Morgan fingerprint density at radius 2 is 1.28 bits per heavy atom. The summed E-state index contributed by atoms with van der Waals surface area (Å²) in [6.07, 6.45) is 3.43. The fourth-order valence-electron chi connectivity index (χ4n) is 14.7. The molecule has 98 heavy (non-hydrogen) atoms. The Hall–Kier alpha value is -7.06. The standard InChI is InChI=1S/C70H108ClF3N12O12/c1-16-42(4)57-66(96)81(11)44(6)61(91)86-35-32-51(86)65(95)83(13)53(38-45-24-18-17-19-25-45)64(94)79(9)40-55(87)75-50(31-29-46-28-30-48(49(71)37-46)70(72,73)74)62(92)80(10)43(5)59(89)77-69(33-22-23-34-69)68(98)85(15)58(47-26-20-21-27-47)67(97)84(14)54(63(93)78(7)8)39-56(88)82(12)52(36-41(2)3)60(90)76-57/h28,30,37,41-45,47,50-54,57-58H,16-27,29,31-36,38-40H2,1-15H3,(H,75,87)(H,76,90)(H,77,89)/t42-,43-,44-,50-,51-,52-,53-,54-,57-,58-/m0/s1. The lowest BCUT2D eigenvalue weighted by atomic mass is 9.84. The monoisotopic (exact) mass is 1400 g/mol. The SMILES string of the molecule is CC[C@H](C)[C@@H]1NC(=O)[C@H](CC(C)C)N(C)C(=O)C[C@@H](C(=O)N(C)C)N(C)C(=O)[C@H](C2CCCC2)N(C)C(=O)C2(CCCC2)NC(=O)[C@H](C)N(C)C(=O)[C@H](CCc2ccc(C(F)(F)F)c(Cl)c2)NC(=O)CN(C)C(=O)[C@H](CC2CCCCC2)N(C)C(=O)[C@@H]2CCN2C(=O)[C@H](C)N(C)C1=O. The zero-order valence-electron chi connectivity index (χ0n) is 60.2. The minimum atomic E-state index is -4.76. The lowest BCUT2D eigenvalue weighted by Gasteiger charge is -2.45. The van der Waals surface area contributed by atoms with E-state index in [-0.39, 0.29) is 68.9 Å². The first-order valence-electron chi connectivity index (χ1n) is 35.0. The first-order valence-corrected chi connectivity index (χ1v) is 35.4. The number of fused-ring (bicyclic) bond motifs is 1. The average Bonchev–Trinajstić information content (AvgIpc) is 1.29. The van der Waals surface area contributed by atoms with Crippen LogP contribution in [0.1, 0.15) is 175 Å². The van der Waals surface area contributed by atoms with E-state index in [1.165, 1.54) is 118 Å². The predicted octanol–water partition coefficient (Wildman–Crippen LogP) is 5.50. The Balaban J connectivity index is 1.43. The van der Waals surface area contributed by atoms with Crippen molar-refractivity contribution in [2.75, 3.05) is 76.5 Å². The number of hydrogen-bond donors (Lipinski definition) is 3. The van der Waals surface area contributed by atoms with Gasteiger partial charge in [0.15, 0.2) is 0 Å². The number of amides is 12. The van der Waals surface area contributed by atoms with Crippen molar-refractivity contribution in [1.29, 1.82) is 0 Å². The molecule has 1 spiro atoms. The van der Waals surface area contributed by atoms with Gasteiger partial charge in [0.25, 0.3) is 0 Å². The maximum atomic E-state index is 15.4. The minimum Gasteiger partial charge on any atom is -0.347 e. The van der Waals surface area contributed by atoms with E-state index in [2.05, 4.69) is 16.0 Å². The number of nitrogens with one attached hydrogen (secondary N) is 3. The van der Waals surface area contributed by atoms with Crippen LogP contribution in [0.3, 0.4) is 0 Å². The van der Waals surface area contributed by atoms with Crippen LogP contribution in [0.4, 0.5) is 13.2 Å². The lowest BCUT2D eigenvalue weighted by molar-refractivity contribution is -0.160. The molecule has 2 aliphatic heterocycles. The average molecular weight is 1400 g/mol. The lowest BCUT2D eigenvalue weighted by Crippen LogP contribution is -2.65. The van der Waals surface area contributed by atoms with Gasteiger partial charge >= 0.3 is 6.18 Å². The molecule has 3 aliphatic carbocycles. The highest BCUT2D eigenvalue weighted by Gasteiger charge is 2.51. The molecule has 3 saturated carbocycles. The molecule has 24 nitrogen and oxygen atoms in total. The van der Waals surface area contributed by atoms with Crippen LogP contribution >= 0.6 is 11.6 Å². The van der Waals surface area contributed by atoms with Gasteiger partial charge in [-0.3, -0.25) is 57.5 Å². The van der Waals surface area contributed by atoms with Gasteiger partial charge in [0.05, 0.1) is 23.6 Å². The third kappa shape index (κ3) is 18.9. The van der Waals surface area contributed by atoms with E-state index in [0.717, 1.165) is 66.9 Å². The second-order valence-electron chi connectivity index (χ2n) is 29.1. The Kier molecular flexibility index (Phi) is 28.0. The molecule has 10 atom stereocenters. The summed E-state index contributed by atoms with van der Waals surface area (Å²) in [6, 6.07) is -8.08. The van der Waals surface area contributed by atoms with Gasteiger partial charge < -0.3 is 60.0 Å². The van der Waals surface area contributed by atoms with E-state index in [1.807, 2.05) is 20.8 Å². The molecule has 0 bridgehead atoms. The topological polar surface area (TPSA) is 270 Å². The van der Waals surface area contributed by atoms with Gasteiger partial charge in [-0.15, -0.1) is 0 Å². The van der Waals surface area contributed by atoms with Crippen LogP contribution in [0.5, 0.6) is 0 Å². The van der Waals surface area contributed by atoms with Crippen molar-refractivity contribution < 1.29 is 70.7 Å². The second kappa shape index (κ2) is 34.3. The molecule has 12 amide bonds. The molecule has 5 aliphatic rings. The number of carbonyl (C=O) groups excluding carboxylic acids is 12. The molecular weight excluding hydrogens is 1290 g/mol. The summed E-state index contributed by atoms with van der Waals surface area (Å²) in [7, 11) is 12.8. The van der Waals surface area contributed by atoms with E-state index in [9.17, 15) is 61.1 Å². The highest BCUT2D eigenvalue weighted by molar-refractivity contribution is 6.31. The van der Waals surface area contributed by atoms with Gasteiger partial charge in [-0.05, 0) is 113 Å². The van der Waals surface area contributed by atoms with E-state index in [0.29, 0.717) is 32.1 Å². The quantitative estimate of drug-likeness (QED) is 0.248. The van der Waals surface area contributed by atoms with Crippen molar-refractivity contribution in [2.24, 2.45) is 23.7 Å². The summed E-state index contributed by atoms with van der Waals surface area (Å²) < 4.78 is 41.5. The van der Waals surface area contributed by atoms with Gasteiger partial charge in [0, 0.05) is 70.0 Å². The van der Waals surface area contributed by atoms with Crippen molar-refractivity contribution >= 4 is 82.5 Å². The molecule has 1 aromatic carbocycles. The molecule has 1 aromatic rings. The van der Waals surface area contributed by atoms with Gasteiger partial charge in [-0.1, -0.05) is 110 Å². The second-order valence-corrected chi connectivity index (χ2v) is 29.5. The van der Waals surface area contributed by atoms with E-state index < -0.39 is 172 Å². The van der Waals surface area contributed by atoms with Crippen molar-refractivity contribution in [3.8, 4) is 0 Å². The number of likely N-dealkylation sites (N-methyl/N-ethyl adjacent to an activating group) is 8. The highest BCUT2D eigenvalue weighted by atomic mass is 35.5. The molecule has 0 unspecified atom stereocenters. The number of aryl methyl sites for hydroxylation is 1. The number of alkyl halides is 3. The normalized spacial score (nSPS) is 27.6. The fourth-order valence-corrected chi connectivity index (χ4v) is 15.0. The van der Waals surface area contributed by atoms with E-state index in [1.54, 1.807) is 6.92 Å². The molecule has 2 saturated heterocycles. The number of halogens is 4. The summed E-state index contributed by atoms with van der Waals surface area (Å²) in [5.41, 5.74) is -2.40. The third-order valence-electron chi connectivity index (χ3n) is 21.6. The Labute approximate surface area is 581 Å². The molecule has 0 radical (unpaired) electrons. The van der Waals surface area contributed by atoms with Crippen LogP contribution in [0.2, 0.25) is 5.02 Å². The number of hydrogen-bond acceptors (Lipinski definition) is 12. The van der Waals surface area contributed by atoms with Crippen LogP contribution in [0, 0.1) is 23.7 Å². The first-order chi connectivity index (χ1) is 45.9. The smallest absolute Gasteiger partial charge is 0.347 e. The number of benzene rings is 1. The summed E-state index contributed by atoms with van der Waals surface area (Å²) >= 11 is 6.13. The molecule has 3 N–H and O–H groups in total. The van der Waals surface area contributed by atoms with E-state index >= 15 is 9.59 Å². The molecule has 6 rings (SSSR count). The van der Waals surface area contributed by atoms with Gasteiger partial charge in [-0.2, -0.15) is 13.2 Å². The van der Waals surface area contributed by atoms with Crippen LogP contribution < -0.4 is 16.0 Å². The number of carbonyl (C=O) groups is 12. The van der Waals surface area contributed by atoms with Crippen molar-refractivity contribution in [2.45, 2.75) is 236 Å². The summed E-state index contributed by atoms with van der Waals surface area (Å²) in [5, 5.41) is 8.00. The molecule has 28 heteroatoms. The maximum Gasteiger partial charge on any atom is 0.417 e. The van der Waals surface area contributed by atoms with Crippen molar-refractivity contribution in [1.82, 2.24) is 60.0 Å². The summed E-state index contributed by atoms with van der Waals surface area (Å²) in [5.74, 6) is -9.07. The largest absolute Gasteiger partial charge is 0.417 e. The van der Waals surface area contributed by atoms with Crippen LogP contribution in [0.25, 0.3) is 0 Å². The molecule has 548 valence electrons. The molecular formula is C70H108ClF3N12O12. The zero-order chi connectivity index (χ0) is 73.2. The fraction of sp³-hybridized carbons (Fsp3) is 0.743. The highest BCUT2D eigenvalue weighted by Crippen LogP contribution is 2.39. The molecule has 5 fully saturated rings. The van der Waals surface area contributed by atoms with Crippen LogP contribution in [0.15, 0.2) is 18.2 Å². The Morgan fingerprint density at radius 1 is 0.673 bits per heavy atom. The molecule has 0 aromatic heterocycles. The van der Waals surface area contributed by atoms with Crippen LogP contribution in [-0.4, -0.2) is 251 Å². The van der Waals surface area contributed by atoms with Gasteiger partial charge in [0.2, 0.25) is 70.9 Å². The van der Waals surface area contributed by atoms with Crippen molar-refractivity contribution in [3.05, 3.63) is 34.3 Å². The minimum absolute atomic E-state index is 0.0180. The third-order valence-corrected chi connectivity index (χ3v) is 21.9.